The van der Waals surface area contributed by atoms with Gasteiger partial charge in [-0.2, -0.15) is 0 Å². The molecule has 96 valence electrons. The number of nitrogens with zero attached hydrogens (tertiary/aromatic N) is 1. The van der Waals surface area contributed by atoms with Gasteiger partial charge in [0.05, 0.1) is 18.4 Å². The van der Waals surface area contributed by atoms with E-state index in [2.05, 4.69) is 0 Å². The summed E-state index contributed by atoms with van der Waals surface area (Å²) in [7, 11) is 1.67. The van der Waals surface area contributed by atoms with Crippen molar-refractivity contribution in [2.45, 2.75) is 19.3 Å². The molecule has 17 heavy (non-hydrogen) atoms. The summed E-state index contributed by atoms with van der Waals surface area (Å²) < 4.78 is 5.11. The molecule has 3 unspecified atom stereocenters. The van der Waals surface area contributed by atoms with Gasteiger partial charge < -0.3 is 14.7 Å². The number of methoxy groups -OCH3 is 1. The quantitative estimate of drug-likeness (QED) is 0.782. The summed E-state index contributed by atoms with van der Waals surface area (Å²) >= 11 is 0. The lowest BCUT2D eigenvalue weighted by molar-refractivity contribution is -0.142. The Bertz CT molecular complexity index is 316. The smallest absolute Gasteiger partial charge is 0.307 e. The topological polar surface area (TPSA) is 66.8 Å². The first-order valence-electron chi connectivity index (χ1n) is 6.14. The van der Waals surface area contributed by atoms with Gasteiger partial charge >= 0.3 is 5.97 Å². The zero-order chi connectivity index (χ0) is 12.4. The molecule has 2 aliphatic rings. The summed E-state index contributed by atoms with van der Waals surface area (Å²) in [4.78, 5) is 24.6. The molecular weight excluding hydrogens is 222 g/mol. The normalized spacial score (nSPS) is 32.3. The number of carboxylic acids is 1. The summed E-state index contributed by atoms with van der Waals surface area (Å²) in [5.74, 6) is -1.12. The summed E-state index contributed by atoms with van der Waals surface area (Å²) in [6.45, 7) is 2.16. The molecule has 0 aromatic heterocycles. The highest BCUT2D eigenvalue weighted by Crippen LogP contribution is 2.40. The monoisotopic (exact) mass is 241 g/mol. The molecule has 1 saturated carbocycles. The van der Waals surface area contributed by atoms with Gasteiger partial charge in [0.2, 0.25) is 5.91 Å². The molecule has 1 aliphatic heterocycles. The molecular formula is C12H19NO4. The van der Waals surface area contributed by atoms with Crippen molar-refractivity contribution in [3.63, 3.8) is 0 Å². The number of rotatable bonds is 4. The summed E-state index contributed by atoms with van der Waals surface area (Å²) in [6, 6.07) is 0. The zero-order valence-corrected chi connectivity index (χ0v) is 10.1. The predicted molar refractivity (Wildman–Crippen MR) is 60.4 cm³/mol. The molecule has 0 spiro atoms. The van der Waals surface area contributed by atoms with Crippen LogP contribution in [0.5, 0.6) is 0 Å². The minimum absolute atomic E-state index is 0.0261. The first kappa shape index (κ1) is 12.4. The van der Waals surface area contributed by atoms with Crippen molar-refractivity contribution in [3.8, 4) is 0 Å². The first-order valence-corrected chi connectivity index (χ1v) is 6.14. The fraction of sp³-hybridized carbons (Fsp3) is 0.833. The lowest BCUT2D eigenvalue weighted by Gasteiger charge is -2.32. The number of carboxylic acid groups (broad SMARTS) is 1. The van der Waals surface area contributed by atoms with Gasteiger partial charge in [-0.15, -0.1) is 0 Å². The van der Waals surface area contributed by atoms with Crippen LogP contribution in [0.4, 0.5) is 0 Å². The average molecular weight is 241 g/mol. The molecule has 1 saturated heterocycles. The standard InChI is InChI=1S/C12H19NO4/c1-17-7-8-3-2-4-13(6-8)11(14)9-5-10(9)12(15)16/h8-10H,2-7H2,1H3,(H,15,16). The highest BCUT2D eigenvalue weighted by atomic mass is 16.5. The fourth-order valence-electron chi connectivity index (χ4n) is 2.61. The lowest BCUT2D eigenvalue weighted by atomic mass is 9.98. The van der Waals surface area contributed by atoms with Crippen LogP contribution in [0, 0.1) is 17.8 Å². The van der Waals surface area contributed by atoms with Crippen LogP contribution in [0.15, 0.2) is 0 Å². The highest BCUT2D eigenvalue weighted by molar-refractivity contribution is 5.89. The molecule has 2 fully saturated rings. The van der Waals surface area contributed by atoms with Crippen molar-refractivity contribution in [2.24, 2.45) is 17.8 Å². The Morgan fingerprint density at radius 3 is 2.76 bits per heavy atom. The Kier molecular flexibility index (Phi) is 3.66. The van der Waals surface area contributed by atoms with E-state index in [1.165, 1.54) is 0 Å². The summed E-state index contributed by atoms with van der Waals surface area (Å²) in [5.41, 5.74) is 0. The number of piperidine rings is 1. The van der Waals surface area contributed by atoms with Gasteiger partial charge in [0.25, 0.3) is 0 Å². The van der Waals surface area contributed by atoms with Gasteiger partial charge in [-0.25, -0.2) is 0 Å². The van der Waals surface area contributed by atoms with Crippen LogP contribution in [-0.4, -0.2) is 48.7 Å². The Morgan fingerprint density at radius 1 is 1.41 bits per heavy atom. The van der Waals surface area contributed by atoms with Crippen molar-refractivity contribution in [3.05, 3.63) is 0 Å². The van der Waals surface area contributed by atoms with E-state index in [-0.39, 0.29) is 11.8 Å². The van der Waals surface area contributed by atoms with Crippen molar-refractivity contribution >= 4 is 11.9 Å². The number of likely N-dealkylation sites (tertiary alicyclic amines) is 1. The molecule has 0 radical (unpaired) electrons. The molecule has 1 heterocycles. The van der Waals surface area contributed by atoms with Gasteiger partial charge in [0.1, 0.15) is 0 Å². The number of hydrogen-bond acceptors (Lipinski definition) is 3. The molecule has 0 aromatic carbocycles. The Balaban J connectivity index is 1.85. The molecule has 1 N–H and O–H groups in total. The van der Waals surface area contributed by atoms with Crippen molar-refractivity contribution < 1.29 is 19.4 Å². The number of carbonyl (C=O) groups is 2. The number of aliphatic carboxylic acids is 1. The molecule has 0 aromatic rings. The second-order valence-electron chi connectivity index (χ2n) is 5.03. The first-order chi connectivity index (χ1) is 8.13. The van der Waals surface area contributed by atoms with Gasteiger partial charge in [-0.3, -0.25) is 9.59 Å². The van der Waals surface area contributed by atoms with Crippen LogP contribution in [0.2, 0.25) is 0 Å². The summed E-state index contributed by atoms with van der Waals surface area (Å²) in [6.07, 6.45) is 2.59. The van der Waals surface area contributed by atoms with Crippen LogP contribution < -0.4 is 0 Å². The van der Waals surface area contributed by atoms with Crippen LogP contribution >= 0.6 is 0 Å². The third-order valence-electron chi connectivity index (χ3n) is 3.66. The third-order valence-corrected chi connectivity index (χ3v) is 3.66. The van der Waals surface area contributed by atoms with E-state index < -0.39 is 11.9 Å². The molecule has 5 heteroatoms. The minimum Gasteiger partial charge on any atom is -0.481 e. The highest BCUT2D eigenvalue weighted by Gasteiger charge is 2.50. The van der Waals surface area contributed by atoms with E-state index in [9.17, 15) is 9.59 Å². The van der Waals surface area contributed by atoms with Crippen LogP contribution in [0.25, 0.3) is 0 Å². The van der Waals surface area contributed by atoms with E-state index in [0.29, 0.717) is 18.9 Å². The minimum atomic E-state index is -0.839. The molecule has 1 amide bonds. The van der Waals surface area contributed by atoms with Crippen molar-refractivity contribution in [1.82, 2.24) is 4.90 Å². The number of amides is 1. The zero-order valence-electron chi connectivity index (χ0n) is 10.1. The second-order valence-corrected chi connectivity index (χ2v) is 5.03. The lowest BCUT2D eigenvalue weighted by Crippen LogP contribution is -2.42. The third kappa shape index (κ3) is 2.77. The predicted octanol–water partition coefficient (Wildman–Crippen LogP) is 0.592. The van der Waals surface area contributed by atoms with E-state index >= 15 is 0 Å². The SMILES string of the molecule is COCC1CCCN(C(=O)C2CC2C(=O)O)C1. The van der Waals surface area contributed by atoms with Gasteiger partial charge in [0.15, 0.2) is 0 Å². The number of carbonyl (C=O) groups excluding carboxylic acids is 1. The fourth-order valence-corrected chi connectivity index (χ4v) is 2.61. The Morgan fingerprint density at radius 2 is 2.18 bits per heavy atom. The maximum atomic E-state index is 12.0. The van der Waals surface area contributed by atoms with Gasteiger partial charge in [0, 0.05) is 20.2 Å². The van der Waals surface area contributed by atoms with E-state index in [4.69, 9.17) is 9.84 Å². The largest absolute Gasteiger partial charge is 0.481 e. The average Bonchev–Trinajstić information content (AvgIpc) is 3.09. The Labute approximate surface area is 101 Å². The molecule has 1 aliphatic carbocycles. The van der Waals surface area contributed by atoms with Crippen molar-refractivity contribution in [2.75, 3.05) is 26.8 Å². The number of ether oxygens (including phenoxy) is 1. The summed E-state index contributed by atoms with van der Waals surface area (Å²) in [5, 5.41) is 8.82. The number of hydrogen-bond donors (Lipinski definition) is 1. The van der Waals surface area contributed by atoms with Gasteiger partial charge in [-0.05, 0) is 25.2 Å². The van der Waals surface area contributed by atoms with Gasteiger partial charge in [-0.1, -0.05) is 0 Å². The van der Waals surface area contributed by atoms with E-state index in [1.54, 1.807) is 7.11 Å². The van der Waals surface area contributed by atoms with Crippen LogP contribution in [-0.2, 0) is 14.3 Å². The van der Waals surface area contributed by atoms with E-state index in [1.807, 2.05) is 4.90 Å². The molecule has 5 nitrogen and oxygen atoms in total. The van der Waals surface area contributed by atoms with Crippen LogP contribution in [0.3, 0.4) is 0 Å². The maximum Gasteiger partial charge on any atom is 0.307 e. The maximum absolute atomic E-state index is 12.0. The molecule has 3 atom stereocenters. The Hall–Kier alpha value is -1.10. The molecule has 0 bridgehead atoms. The van der Waals surface area contributed by atoms with Crippen LogP contribution in [0.1, 0.15) is 19.3 Å². The van der Waals surface area contributed by atoms with Crippen molar-refractivity contribution in [1.29, 1.82) is 0 Å². The molecule has 2 rings (SSSR count). The van der Waals surface area contributed by atoms with E-state index in [0.717, 1.165) is 25.9 Å². The second kappa shape index (κ2) is 5.04.